The molecule has 0 amide bonds. The molecule has 0 aromatic heterocycles. The molecular formula is C45H49F5O8S2. The molecule has 0 radical (unpaired) electrons. The second kappa shape index (κ2) is 17.4. The predicted octanol–water partition coefficient (Wildman–Crippen LogP) is 9.38. The molecule has 7 rings (SSSR count). The van der Waals surface area contributed by atoms with Crippen LogP contribution in [0, 0.1) is 46.3 Å². The summed E-state index contributed by atoms with van der Waals surface area (Å²) in [5.41, 5.74) is -1.25. The van der Waals surface area contributed by atoms with Crippen molar-refractivity contribution >= 4 is 44.3 Å². The summed E-state index contributed by atoms with van der Waals surface area (Å²) < 4.78 is 103. The van der Waals surface area contributed by atoms with Crippen LogP contribution in [0.1, 0.15) is 78.6 Å². The van der Waals surface area contributed by atoms with Crippen LogP contribution in [-0.4, -0.2) is 53.8 Å². The fourth-order valence-corrected chi connectivity index (χ4v) is 13.2. The number of ketones is 3. The normalized spacial score (nSPS) is 29.0. The fraction of sp³-hybridized carbons (Fsp3) is 0.511. The van der Waals surface area contributed by atoms with Crippen molar-refractivity contribution in [1.29, 1.82) is 0 Å². The molecule has 60 heavy (non-hydrogen) atoms. The SMILES string of the molecule is C[C@H](CCC(=O)OC(C(F)(F)F)C(F)(F)S(=O)(=O)[O-])[C@H]1CC[C@H]2[C@@H]3C(=O)C[C@@H]4CC(=O)CC[C@]4(C)[C@H]3CC(=O)[C@]12C.c1ccc([S+](c2ccccc2)c2ccccc2)cc1. The minimum absolute atomic E-state index is 0.0146. The van der Waals surface area contributed by atoms with Crippen LogP contribution in [0.15, 0.2) is 106 Å². The van der Waals surface area contributed by atoms with Crippen molar-refractivity contribution < 1.29 is 58.8 Å². The fourth-order valence-electron chi connectivity index (χ4n) is 10.7. The highest BCUT2D eigenvalue weighted by Crippen LogP contribution is 2.66. The maximum Gasteiger partial charge on any atom is 0.432 e. The van der Waals surface area contributed by atoms with Gasteiger partial charge in [0.2, 0.25) is 0 Å². The minimum atomic E-state index is -6.79. The summed E-state index contributed by atoms with van der Waals surface area (Å²) in [6, 6.07) is 32.2. The van der Waals surface area contributed by atoms with Gasteiger partial charge < -0.3 is 9.29 Å². The van der Waals surface area contributed by atoms with Crippen molar-refractivity contribution in [2.24, 2.45) is 46.3 Å². The largest absolute Gasteiger partial charge is 0.743 e. The van der Waals surface area contributed by atoms with E-state index in [1.54, 1.807) is 13.8 Å². The van der Waals surface area contributed by atoms with E-state index in [1.165, 1.54) is 14.7 Å². The summed E-state index contributed by atoms with van der Waals surface area (Å²) in [6.07, 6.45) is -8.53. The maximum atomic E-state index is 13.8. The van der Waals surface area contributed by atoms with Crippen LogP contribution >= 0.6 is 0 Å². The molecule has 9 atom stereocenters. The Bertz CT molecular complexity index is 2060. The standard InChI is InChI=1S/C27H35F5O8S.C18H15S/c1-13(4-7-21(36)40-23(26(28,29)30)27(31,32)41(37,38)39)16-5-6-17-22-18(12-20(35)25(16,17)3)24(2)9-8-15(33)10-14(24)11-19(22)34;1-4-10-16(11-5-1)19(17-12-6-2-7-13-17)18-14-8-3-9-15-18/h13-14,16-18,22-23H,4-12H2,1-3H3,(H,37,38,39);1-15H/q;+1/p-1/t13-,14+,16-,17+,18+,22+,23?,24+,25-;/m1./s1. The zero-order valence-electron chi connectivity index (χ0n) is 33.5. The molecule has 4 saturated carbocycles. The number of carbonyl (C=O) groups excluding carboxylic acids is 4. The second-order valence-electron chi connectivity index (χ2n) is 17.1. The lowest BCUT2D eigenvalue weighted by Gasteiger charge is -2.58. The second-order valence-corrected chi connectivity index (χ2v) is 20.6. The Kier molecular flexibility index (Phi) is 13.2. The van der Waals surface area contributed by atoms with E-state index in [9.17, 15) is 54.1 Å². The van der Waals surface area contributed by atoms with Crippen molar-refractivity contribution in [3.63, 3.8) is 0 Å². The third-order valence-electron chi connectivity index (χ3n) is 13.8. The lowest BCUT2D eigenvalue weighted by molar-refractivity contribution is -0.259. The number of rotatable bonds is 10. The molecule has 0 heterocycles. The van der Waals surface area contributed by atoms with Gasteiger partial charge in [0.15, 0.2) is 24.8 Å². The monoisotopic (exact) mass is 876 g/mol. The van der Waals surface area contributed by atoms with E-state index < -0.39 is 51.4 Å². The summed E-state index contributed by atoms with van der Waals surface area (Å²) in [4.78, 5) is 55.6. The van der Waals surface area contributed by atoms with Crippen LogP contribution in [0.2, 0.25) is 0 Å². The number of hydrogen-bond donors (Lipinski definition) is 0. The predicted molar refractivity (Wildman–Crippen MR) is 211 cm³/mol. The first-order valence-corrected chi connectivity index (χ1v) is 22.8. The van der Waals surface area contributed by atoms with Crippen molar-refractivity contribution in [3.8, 4) is 0 Å². The van der Waals surface area contributed by atoms with Crippen LogP contribution in [-0.2, 0) is 44.9 Å². The average molecular weight is 877 g/mol. The molecule has 0 spiro atoms. The summed E-state index contributed by atoms with van der Waals surface area (Å²) in [5, 5.41) is -5.92. The van der Waals surface area contributed by atoms with Gasteiger partial charge >= 0.3 is 17.4 Å². The summed E-state index contributed by atoms with van der Waals surface area (Å²) in [6.45, 7) is 5.53. The Labute approximate surface area is 350 Å². The Morgan fingerprint density at radius 1 is 0.817 bits per heavy atom. The molecule has 0 bridgehead atoms. The van der Waals surface area contributed by atoms with Crippen molar-refractivity contribution in [1.82, 2.24) is 0 Å². The van der Waals surface area contributed by atoms with Crippen molar-refractivity contribution in [2.45, 2.75) is 111 Å². The van der Waals surface area contributed by atoms with E-state index in [1.807, 2.05) is 0 Å². The molecule has 0 saturated heterocycles. The summed E-state index contributed by atoms with van der Waals surface area (Å²) in [5.74, 6) is -3.35. The molecule has 1 unspecified atom stereocenters. The molecule has 3 aromatic rings. The molecule has 4 aliphatic carbocycles. The van der Waals surface area contributed by atoms with Gasteiger partial charge in [0.05, 0.1) is 10.9 Å². The molecule has 0 aliphatic heterocycles. The number of fused-ring (bicyclic) bond motifs is 5. The number of alkyl halides is 5. The number of hydrogen-bond acceptors (Lipinski definition) is 8. The van der Waals surface area contributed by atoms with Crippen molar-refractivity contribution in [3.05, 3.63) is 91.0 Å². The van der Waals surface area contributed by atoms with E-state index in [0.29, 0.717) is 32.1 Å². The Balaban J connectivity index is 0.000000263. The number of esters is 1. The minimum Gasteiger partial charge on any atom is -0.743 e. The zero-order valence-corrected chi connectivity index (χ0v) is 35.2. The Morgan fingerprint density at radius 3 is 1.82 bits per heavy atom. The number of benzene rings is 3. The van der Waals surface area contributed by atoms with E-state index in [4.69, 9.17) is 0 Å². The molecule has 4 fully saturated rings. The van der Waals surface area contributed by atoms with Gasteiger partial charge in [-0.15, -0.1) is 0 Å². The van der Waals surface area contributed by atoms with Gasteiger partial charge in [-0.2, -0.15) is 22.0 Å². The van der Waals surface area contributed by atoms with Crippen LogP contribution in [0.5, 0.6) is 0 Å². The number of Topliss-reactive ketones (excluding diaryl/α,β-unsaturated/α-hetero) is 3. The quantitative estimate of drug-likeness (QED) is 0.0852. The Hall–Kier alpha value is -3.95. The van der Waals surface area contributed by atoms with Gasteiger partial charge in [0.25, 0.3) is 6.10 Å². The summed E-state index contributed by atoms with van der Waals surface area (Å²) in [7, 11) is -6.81. The Morgan fingerprint density at radius 2 is 1.33 bits per heavy atom. The number of ether oxygens (including phenoxy) is 1. The molecular weight excluding hydrogens is 828 g/mol. The third kappa shape index (κ3) is 8.86. The summed E-state index contributed by atoms with van der Waals surface area (Å²) >= 11 is 0. The molecule has 4 aliphatic rings. The highest BCUT2D eigenvalue weighted by molar-refractivity contribution is 7.97. The average Bonchev–Trinajstić information content (AvgIpc) is 3.56. The first-order chi connectivity index (χ1) is 28.1. The number of halogens is 5. The van der Waals surface area contributed by atoms with Gasteiger partial charge in [-0.05, 0) is 97.1 Å². The van der Waals surface area contributed by atoms with Crippen LogP contribution in [0.3, 0.4) is 0 Å². The van der Waals surface area contributed by atoms with Crippen LogP contribution in [0.25, 0.3) is 0 Å². The smallest absolute Gasteiger partial charge is 0.432 e. The molecule has 15 heteroatoms. The number of carbonyl (C=O) groups is 4. The van der Waals surface area contributed by atoms with E-state index in [2.05, 4.69) is 103 Å². The lowest BCUT2D eigenvalue weighted by Crippen LogP contribution is -2.60. The van der Waals surface area contributed by atoms with Gasteiger partial charge in [0.1, 0.15) is 17.3 Å². The molecule has 0 N–H and O–H groups in total. The van der Waals surface area contributed by atoms with Crippen LogP contribution < -0.4 is 0 Å². The highest BCUT2D eigenvalue weighted by atomic mass is 32.2. The zero-order chi connectivity index (χ0) is 43.8. The van der Waals surface area contributed by atoms with Gasteiger partial charge in [-0.25, -0.2) is 8.42 Å². The molecule has 8 nitrogen and oxygen atoms in total. The van der Waals surface area contributed by atoms with Crippen LogP contribution in [0.4, 0.5) is 22.0 Å². The molecule has 3 aromatic carbocycles. The van der Waals surface area contributed by atoms with E-state index >= 15 is 0 Å². The van der Waals surface area contributed by atoms with Gasteiger partial charge in [-0.3, -0.25) is 19.2 Å². The van der Waals surface area contributed by atoms with E-state index in [0.717, 1.165) is 0 Å². The highest BCUT2D eigenvalue weighted by Gasteiger charge is 2.66. The first-order valence-electron chi connectivity index (χ1n) is 20.2. The molecule has 324 valence electrons. The van der Waals surface area contributed by atoms with Gasteiger partial charge in [-0.1, -0.05) is 75.4 Å². The first kappa shape index (κ1) is 45.6. The topological polar surface area (TPSA) is 135 Å². The van der Waals surface area contributed by atoms with E-state index in [-0.39, 0.29) is 82.5 Å². The third-order valence-corrected chi connectivity index (χ3v) is 16.9. The van der Waals surface area contributed by atoms with Crippen molar-refractivity contribution in [2.75, 3.05) is 0 Å². The van der Waals surface area contributed by atoms with Gasteiger partial charge in [0, 0.05) is 43.4 Å². The lowest BCUT2D eigenvalue weighted by atomic mass is 9.44. The maximum absolute atomic E-state index is 13.8.